The van der Waals surface area contributed by atoms with Gasteiger partial charge in [-0.05, 0) is 73.6 Å². The van der Waals surface area contributed by atoms with E-state index in [1.807, 2.05) is 13.0 Å². The van der Waals surface area contributed by atoms with Gasteiger partial charge in [0.1, 0.15) is 12.4 Å². The average molecular weight is 494 g/mol. The minimum absolute atomic E-state index is 0.0435. The number of Topliss-reactive ketones (excluding diaryl/α,β-unsaturated/α-hetero) is 1. The maximum absolute atomic E-state index is 12.3. The maximum Gasteiger partial charge on any atom is 0.313 e. The van der Waals surface area contributed by atoms with Gasteiger partial charge in [-0.2, -0.15) is 0 Å². The van der Waals surface area contributed by atoms with Crippen LogP contribution in [0.5, 0.6) is 5.75 Å². The average Bonchev–Trinajstić information content (AvgIpc) is 2.85. The van der Waals surface area contributed by atoms with Gasteiger partial charge >= 0.3 is 5.97 Å². The van der Waals surface area contributed by atoms with Gasteiger partial charge in [-0.25, -0.2) is 4.98 Å². The van der Waals surface area contributed by atoms with Crippen LogP contribution >= 0.6 is 0 Å². The molecule has 2 heterocycles. The quantitative estimate of drug-likeness (QED) is 0.455. The number of phenols is 1. The van der Waals surface area contributed by atoms with E-state index in [0.29, 0.717) is 29.0 Å². The molecule has 2 atom stereocenters. The van der Waals surface area contributed by atoms with E-state index in [1.54, 1.807) is 25.1 Å². The fraction of sp³-hybridized carbons (Fsp3) is 0.429. The number of nitrogens with two attached hydrogens (primary N) is 1. The molecule has 1 aromatic heterocycles. The van der Waals surface area contributed by atoms with Gasteiger partial charge in [0.15, 0.2) is 5.78 Å². The van der Waals surface area contributed by atoms with Gasteiger partial charge in [0.2, 0.25) is 5.91 Å². The molecule has 0 saturated carbocycles. The van der Waals surface area contributed by atoms with Gasteiger partial charge in [-0.1, -0.05) is 26.3 Å². The fourth-order valence-electron chi connectivity index (χ4n) is 4.42. The predicted molar refractivity (Wildman–Crippen MR) is 139 cm³/mol. The van der Waals surface area contributed by atoms with Crippen LogP contribution in [0.3, 0.4) is 0 Å². The molecular weight excluding hydrogens is 458 g/mol. The van der Waals surface area contributed by atoms with Gasteiger partial charge in [-0.15, -0.1) is 0 Å². The normalized spacial score (nSPS) is 17.2. The second-order valence-electron chi connectivity index (χ2n) is 9.46. The minimum atomic E-state index is -0.577. The van der Waals surface area contributed by atoms with Crippen LogP contribution < -0.4 is 11.1 Å². The summed E-state index contributed by atoms with van der Waals surface area (Å²) in [5.74, 6) is -0.935. The summed E-state index contributed by atoms with van der Waals surface area (Å²) in [7, 11) is 0. The number of carbonyl (C=O) groups is 3. The predicted octanol–water partition coefficient (Wildman–Crippen LogP) is 3.59. The number of nitrogens with one attached hydrogen (secondary N) is 1. The number of allylic oxidation sites excluding steroid dienone is 2. The molecule has 1 aromatic carbocycles. The molecule has 3 rings (SSSR count). The lowest BCUT2D eigenvalue weighted by Gasteiger charge is -2.24. The Morgan fingerprint density at radius 1 is 1.31 bits per heavy atom. The zero-order valence-electron chi connectivity index (χ0n) is 21.6. The van der Waals surface area contributed by atoms with Crippen LogP contribution in [0.15, 0.2) is 35.4 Å². The van der Waals surface area contributed by atoms with Crippen LogP contribution in [0.25, 0.3) is 16.5 Å². The number of carbonyl (C=O) groups excluding carboxylic acids is 3. The van der Waals surface area contributed by atoms with E-state index in [0.717, 1.165) is 34.2 Å². The van der Waals surface area contributed by atoms with Crippen molar-refractivity contribution in [3.05, 3.63) is 52.2 Å². The third-order valence-electron chi connectivity index (χ3n) is 6.78. The largest absolute Gasteiger partial charge is 0.508 e. The zero-order chi connectivity index (χ0) is 26.6. The van der Waals surface area contributed by atoms with Crippen molar-refractivity contribution in [2.75, 3.05) is 13.2 Å². The molecule has 1 amide bonds. The number of benzene rings is 1. The lowest BCUT2D eigenvalue weighted by atomic mass is 9.86. The molecule has 2 unspecified atom stereocenters. The number of cyclic esters (lactones) is 1. The first-order chi connectivity index (χ1) is 17.1. The summed E-state index contributed by atoms with van der Waals surface area (Å²) in [6.45, 7) is 9.43. The standard InChI is InChI=1S/C28H35N3O5/c1-6-15(2)9-22-23(13-30-26(34)12-29)21-11-19(33)7-8-25(21)31-27(22)16(3)10-20-17(4)28(35)36-14-24(20)18(5)32/h7-8,10-11,15,17,33H,6,9,12-14,29H2,1-5H3,(H,30,34)/b16-10+. The van der Waals surface area contributed by atoms with E-state index in [-0.39, 0.29) is 43.1 Å². The Kier molecular flexibility index (Phi) is 8.63. The third kappa shape index (κ3) is 5.82. The number of amides is 1. The van der Waals surface area contributed by atoms with Crippen LogP contribution in [-0.4, -0.2) is 40.9 Å². The second kappa shape index (κ2) is 11.5. The highest BCUT2D eigenvalue weighted by Crippen LogP contribution is 2.34. The Morgan fingerprint density at radius 2 is 2.03 bits per heavy atom. The van der Waals surface area contributed by atoms with Gasteiger partial charge in [0.25, 0.3) is 0 Å². The molecule has 0 aliphatic carbocycles. The van der Waals surface area contributed by atoms with Crippen molar-refractivity contribution in [1.29, 1.82) is 0 Å². The Labute approximate surface area is 211 Å². The molecule has 0 bridgehead atoms. The van der Waals surface area contributed by atoms with Crippen molar-refractivity contribution in [3.8, 4) is 5.75 Å². The lowest BCUT2D eigenvalue weighted by Crippen LogP contribution is -2.30. The monoisotopic (exact) mass is 493 g/mol. The van der Waals surface area contributed by atoms with Gasteiger partial charge in [-0.3, -0.25) is 14.4 Å². The summed E-state index contributed by atoms with van der Waals surface area (Å²) >= 11 is 0. The van der Waals surface area contributed by atoms with Crippen molar-refractivity contribution in [1.82, 2.24) is 10.3 Å². The summed E-state index contributed by atoms with van der Waals surface area (Å²) in [4.78, 5) is 41.6. The highest BCUT2D eigenvalue weighted by atomic mass is 16.5. The molecular formula is C28H35N3O5. The van der Waals surface area contributed by atoms with Crippen molar-refractivity contribution in [2.45, 2.75) is 54.0 Å². The highest BCUT2D eigenvalue weighted by molar-refractivity contribution is 5.98. The number of nitrogens with zero attached hydrogens (tertiary/aromatic N) is 1. The number of ketones is 1. The second-order valence-corrected chi connectivity index (χ2v) is 9.46. The van der Waals surface area contributed by atoms with Gasteiger partial charge < -0.3 is 20.9 Å². The first kappa shape index (κ1) is 27.1. The summed E-state index contributed by atoms with van der Waals surface area (Å²) < 4.78 is 5.19. The Morgan fingerprint density at radius 3 is 2.67 bits per heavy atom. The zero-order valence-corrected chi connectivity index (χ0v) is 21.6. The number of aromatic hydroxyl groups is 1. The van der Waals surface area contributed by atoms with E-state index in [1.165, 1.54) is 6.92 Å². The number of pyridine rings is 1. The van der Waals surface area contributed by atoms with Gasteiger partial charge in [0, 0.05) is 17.5 Å². The first-order valence-corrected chi connectivity index (χ1v) is 12.3. The molecule has 1 aliphatic heterocycles. The van der Waals surface area contributed by atoms with Crippen LogP contribution in [0.2, 0.25) is 0 Å². The van der Waals surface area contributed by atoms with E-state index >= 15 is 0 Å². The van der Waals surface area contributed by atoms with E-state index in [9.17, 15) is 19.5 Å². The Bertz CT molecular complexity index is 1260. The minimum Gasteiger partial charge on any atom is -0.508 e. The SMILES string of the molecule is CCC(C)Cc1c(/C(C)=C/C2=C(C(C)=O)COC(=O)C2C)nc2ccc(O)cc2c1CNC(=O)CN. The third-order valence-corrected chi connectivity index (χ3v) is 6.78. The molecule has 1 aliphatic rings. The van der Waals surface area contributed by atoms with Crippen LogP contribution in [-0.2, 0) is 32.1 Å². The van der Waals surface area contributed by atoms with E-state index in [4.69, 9.17) is 15.5 Å². The van der Waals surface area contributed by atoms with Crippen molar-refractivity contribution < 1.29 is 24.2 Å². The number of hydrogen-bond donors (Lipinski definition) is 3. The summed E-state index contributed by atoms with van der Waals surface area (Å²) in [6, 6.07) is 4.97. The molecule has 2 aromatic rings. The molecule has 0 fully saturated rings. The number of fused-ring (bicyclic) bond motifs is 1. The van der Waals surface area contributed by atoms with Crippen molar-refractivity contribution in [2.24, 2.45) is 17.6 Å². The molecule has 0 spiro atoms. The number of ether oxygens (including phenoxy) is 1. The van der Waals surface area contributed by atoms with Crippen molar-refractivity contribution in [3.63, 3.8) is 0 Å². The summed E-state index contributed by atoms with van der Waals surface area (Å²) in [5.41, 5.74) is 10.6. The van der Waals surface area contributed by atoms with Crippen LogP contribution in [0.4, 0.5) is 0 Å². The van der Waals surface area contributed by atoms with E-state index < -0.39 is 5.92 Å². The van der Waals surface area contributed by atoms with Crippen LogP contribution in [0.1, 0.15) is 57.9 Å². The van der Waals surface area contributed by atoms with Crippen molar-refractivity contribution >= 4 is 34.1 Å². The molecule has 0 radical (unpaired) electrons. The fourth-order valence-corrected chi connectivity index (χ4v) is 4.42. The number of phenolic OH excluding ortho intramolecular Hbond substituents is 1. The topological polar surface area (TPSA) is 132 Å². The lowest BCUT2D eigenvalue weighted by molar-refractivity contribution is -0.147. The van der Waals surface area contributed by atoms with Crippen LogP contribution in [0, 0.1) is 11.8 Å². The molecule has 8 heteroatoms. The summed E-state index contributed by atoms with van der Waals surface area (Å²) in [5, 5.41) is 13.8. The Balaban J connectivity index is 2.29. The maximum atomic E-state index is 12.3. The number of esters is 1. The number of aromatic nitrogens is 1. The Hall–Kier alpha value is -3.52. The molecule has 192 valence electrons. The summed E-state index contributed by atoms with van der Waals surface area (Å²) in [6.07, 6.45) is 3.50. The number of hydrogen-bond acceptors (Lipinski definition) is 7. The smallest absolute Gasteiger partial charge is 0.313 e. The van der Waals surface area contributed by atoms with Gasteiger partial charge in [0.05, 0.1) is 23.7 Å². The first-order valence-electron chi connectivity index (χ1n) is 12.3. The molecule has 4 N–H and O–H groups in total. The van der Waals surface area contributed by atoms with E-state index in [2.05, 4.69) is 19.2 Å². The molecule has 8 nitrogen and oxygen atoms in total. The number of rotatable bonds is 9. The molecule has 36 heavy (non-hydrogen) atoms. The molecule has 0 saturated heterocycles. The highest BCUT2D eigenvalue weighted by Gasteiger charge is 2.29.